The fourth-order valence-electron chi connectivity index (χ4n) is 2.34. The van der Waals surface area contributed by atoms with E-state index in [1.54, 1.807) is 18.0 Å². The SMILES string of the molecule is O=c1[nH]c(NCCSCc2ccsn2)ncc1CCc1ccccc1. The predicted octanol–water partition coefficient (Wildman–Crippen LogP) is 3.36. The van der Waals surface area contributed by atoms with Crippen molar-refractivity contribution in [3.05, 3.63) is 75.1 Å². The molecule has 3 rings (SSSR count). The molecule has 7 heteroatoms. The maximum atomic E-state index is 12.2. The molecule has 0 fully saturated rings. The van der Waals surface area contributed by atoms with Crippen LogP contribution in [0, 0.1) is 0 Å². The number of hydrogen-bond acceptors (Lipinski definition) is 6. The number of H-pyrrole nitrogens is 1. The molecule has 0 bridgehead atoms. The summed E-state index contributed by atoms with van der Waals surface area (Å²) in [7, 11) is 0. The lowest BCUT2D eigenvalue weighted by Gasteiger charge is -2.06. The van der Waals surface area contributed by atoms with Crippen molar-refractivity contribution in [2.45, 2.75) is 18.6 Å². The van der Waals surface area contributed by atoms with E-state index >= 15 is 0 Å². The monoisotopic (exact) mass is 372 g/mol. The summed E-state index contributed by atoms with van der Waals surface area (Å²) < 4.78 is 4.27. The molecule has 1 aromatic carbocycles. The summed E-state index contributed by atoms with van der Waals surface area (Å²) in [4.78, 5) is 19.3. The fraction of sp³-hybridized carbons (Fsp3) is 0.278. The molecule has 5 nitrogen and oxygen atoms in total. The number of nitrogens with zero attached hydrogens (tertiary/aromatic N) is 2. The van der Waals surface area contributed by atoms with Gasteiger partial charge in [0.2, 0.25) is 5.95 Å². The van der Waals surface area contributed by atoms with Crippen LogP contribution in [0.5, 0.6) is 0 Å². The highest BCUT2D eigenvalue weighted by molar-refractivity contribution is 7.98. The van der Waals surface area contributed by atoms with Crippen molar-refractivity contribution >= 4 is 29.2 Å². The number of aromatic nitrogens is 3. The maximum Gasteiger partial charge on any atom is 0.255 e. The average Bonchev–Trinajstić information content (AvgIpc) is 3.15. The number of benzene rings is 1. The van der Waals surface area contributed by atoms with Gasteiger partial charge in [-0.3, -0.25) is 9.78 Å². The van der Waals surface area contributed by atoms with Gasteiger partial charge < -0.3 is 5.32 Å². The Morgan fingerprint density at radius 3 is 2.80 bits per heavy atom. The molecule has 0 saturated carbocycles. The lowest BCUT2D eigenvalue weighted by atomic mass is 10.1. The van der Waals surface area contributed by atoms with Gasteiger partial charge in [0.25, 0.3) is 5.56 Å². The molecule has 3 aromatic rings. The number of hydrogen-bond donors (Lipinski definition) is 2. The molecule has 25 heavy (non-hydrogen) atoms. The summed E-state index contributed by atoms with van der Waals surface area (Å²) >= 11 is 3.28. The van der Waals surface area contributed by atoms with Crippen molar-refractivity contribution in [3.63, 3.8) is 0 Å². The lowest BCUT2D eigenvalue weighted by Crippen LogP contribution is -2.18. The number of aromatic amines is 1. The summed E-state index contributed by atoms with van der Waals surface area (Å²) in [6.45, 7) is 0.751. The second-order valence-corrected chi connectivity index (χ2v) is 7.31. The number of aryl methyl sites for hydroxylation is 2. The average molecular weight is 373 g/mol. The van der Waals surface area contributed by atoms with Crippen LogP contribution in [0.25, 0.3) is 0 Å². The first-order valence-electron chi connectivity index (χ1n) is 8.14. The van der Waals surface area contributed by atoms with E-state index in [-0.39, 0.29) is 5.56 Å². The van der Waals surface area contributed by atoms with Crippen molar-refractivity contribution in [2.24, 2.45) is 0 Å². The minimum atomic E-state index is -0.0662. The van der Waals surface area contributed by atoms with Gasteiger partial charge in [0.15, 0.2) is 0 Å². The van der Waals surface area contributed by atoms with Gasteiger partial charge in [-0.15, -0.1) is 0 Å². The molecule has 0 atom stereocenters. The Bertz CT molecular complexity index is 819. The first-order valence-corrected chi connectivity index (χ1v) is 10.1. The standard InChI is InChI=1S/C18H20N4OS2/c23-17-15(7-6-14-4-2-1-3-5-14)12-20-18(21-17)19-9-11-24-13-16-8-10-25-22-16/h1-5,8,10,12H,6-7,9,11,13H2,(H2,19,20,21,23). The van der Waals surface area contributed by atoms with Crippen LogP contribution in [0.2, 0.25) is 0 Å². The Morgan fingerprint density at radius 2 is 2.04 bits per heavy atom. The molecule has 130 valence electrons. The number of anilines is 1. The minimum absolute atomic E-state index is 0.0662. The number of nitrogens with one attached hydrogen (secondary N) is 2. The minimum Gasteiger partial charge on any atom is -0.355 e. The molecule has 0 spiro atoms. The predicted molar refractivity (Wildman–Crippen MR) is 105 cm³/mol. The van der Waals surface area contributed by atoms with Gasteiger partial charge in [-0.25, -0.2) is 4.98 Å². The lowest BCUT2D eigenvalue weighted by molar-refractivity contribution is 0.911. The zero-order chi connectivity index (χ0) is 17.3. The van der Waals surface area contributed by atoms with Gasteiger partial charge in [-0.2, -0.15) is 16.1 Å². The number of rotatable bonds is 9. The summed E-state index contributed by atoms with van der Waals surface area (Å²) in [5.74, 6) is 2.37. The Kier molecular flexibility index (Phi) is 6.64. The molecule has 0 aliphatic rings. The van der Waals surface area contributed by atoms with E-state index in [0.29, 0.717) is 17.9 Å². The topological polar surface area (TPSA) is 70.7 Å². The van der Waals surface area contributed by atoms with Crippen LogP contribution in [0.4, 0.5) is 5.95 Å². The third-order valence-corrected chi connectivity index (χ3v) is 5.27. The van der Waals surface area contributed by atoms with Crippen LogP contribution in [0.3, 0.4) is 0 Å². The molecule has 0 saturated heterocycles. The molecule has 0 radical (unpaired) electrons. The van der Waals surface area contributed by atoms with E-state index in [9.17, 15) is 4.79 Å². The van der Waals surface area contributed by atoms with Crippen molar-refractivity contribution in [1.29, 1.82) is 0 Å². The number of thioether (sulfide) groups is 1. The highest BCUT2D eigenvalue weighted by atomic mass is 32.2. The first kappa shape index (κ1) is 17.7. The third kappa shape index (κ3) is 5.72. The summed E-state index contributed by atoms with van der Waals surface area (Å²) in [5.41, 5.74) is 2.99. The van der Waals surface area contributed by atoms with Crippen LogP contribution < -0.4 is 10.9 Å². The highest BCUT2D eigenvalue weighted by Crippen LogP contribution is 2.11. The van der Waals surface area contributed by atoms with E-state index in [1.165, 1.54) is 17.1 Å². The van der Waals surface area contributed by atoms with E-state index in [2.05, 4.69) is 31.8 Å². The Balaban J connectivity index is 1.42. The highest BCUT2D eigenvalue weighted by Gasteiger charge is 2.03. The molecule has 2 heterocycles. The van der Waals surface area contributed by atoms with Crippen LogP contribution in [0.1, 0.15) is 16.8 Å². The van der Waals surface area contributed by atoms with Gasteiger partial charge in [-0.1, -0.05) is 30.3 Å². The Hall–Kier alpha value is -2.12. The van der Waals surface area contributed by atoms with E-state index in [4.69, 9.17) is 0 Å². The van der Waals surface area contributed by atoms with Crippen molar-refractivity contribution in [2.75, 3.05) is 17.6 Å². The summed E-state index contributed by atoms with van der Waals surface area (Å²) in [6, 6.07) is 12.2. The quantitative estimate of drug-likeness (QED) is 0.564. The largest absolute Gasteiger partial charge is 0.355 e. The van der Waals surface area contributed by atoms with Gasteiger partial charge in [-0.05, 0) is 36.0 Å². The molecule has 2 aromatic heterocycles. The van der Waals surface area contributed by atoms with E-state index in [1.807, 2.05) is 29.6 Å². The van der Waals surface area contributed by atoms with Gasteiger partial charge in [0, 0.05) is 35.2 Å². The van der Waals surface area contributed by atoms with Gasteiger partial charge in [0.1, 0.15) is 0 Å². The third-order valence-electron chi connectivity index (χ3n) is 3.68. The van der Waals surface area contributed by atoms with Crippen molar-refractivity contribution in [3.8, 4) is 0 Å². The first-order chi connectivity index (χ1) is 12.3. The zero-order valence-corrected chi connectivity index (χ0v) is 15.4. The van der Waals surface area contributed by atoms with E-state index < -0.39 is 0 Å². The van der Waals surface area contributed by atoms with Crippen LogP contribution in [-0.4, -0.2) is 26.6 Å². The second kappa shape index (κ2) is 9.39. The normalized spacial score (nSPS) is 10.7. The molecule has 0 aliphatic carbocycles. The smallest absolute Gasteiger partial charge is 0.255 e. The fourth-order valence-corrected chi connectivity index (χ4v) is 3.73. The van der Waals surface area contributed by atoms with Crippen molar-refractivity contribution in [1.82, 2.24) is 14.3 Å². The Labute approximate surface area is 155 Å². The summed E-state index contributed by atoms with van der Waals surface area (Å²) in [5, 5.41) is 5.15. The molecular weight excluding hydrogens is 352 g/mol. The van der Waals surface area contributed by atoms with Crippen molar-refractivity contribution < 1.29 is 0 Å². The van der Waals surface area contributed by atoms with Gasteiger partial charge in [0.05, 0.1) is 5.69 Å². The maximum absolute atomic E-state index is 12.2. The molecule has 0 amide bonds. The molecule has 2 N–H and O–H groups in total. The van der Waals surface area contributed by atoms with Crippen LogP contribution in [-0.2, 0) is 18.6 Å². The zero-order valence-electron chi connectivity index (χ0n) is 13.8. The molecule has 0 unspecified atom stereocenters. The van der Waals surface area contributed by atoms with Gasteiger partial charge >= 0.3 is 0 Å². The summed E-state index contributed by atoms with van der Waals surface area (Å²) in [6.07, 6.45) is 3.20. The van der Waals surface area contributed by atoms with E-state index in [0.717, 1.165) is 30.2 Å². The van der Waals surface area contributed by atoms with Crippen LogP contribution >= 0.6 is 23.3 Å². The molecular formula is C18H20N4OS2. The molecule has 0 aliphatic heterocycles. The van der Waals surface area contributed by atoms with Crippen LogP contribution in [0.15, 0.2) is 52.8 Å². The Morgan fingerprint density at radius 1 is 1.16 bits per heavy atom. The second-order valence-electron chi connectivity index (χ2n) is 5.54.